The van der Waals surface area contributed by atoms with Gasteiger partial charge in [-0.1, -0.05) is 19.1 Å². The summed E-state index contributed by atoms with van der Waals surface area (Å²) in [6.07, 6.45) is 1.00. The number of benzene rings is 1. The molecule has 1 aromatic carbocycles. The van der Waals surface area contributed by atoms with Gasteiger partial charge in [-0.3, -0.25) is 14.5 Å². The van der Waals surface area contributed by atoms with Gasteiger partial charge in [-0.15, -0.1) is 0 Å². The van der Waals surface area contributed by atoms with Crippen LogP contribution in [0.3, 0.4) is 0 Å². The van der Waals surface area contributed by atoms with Crippen LogP contribution in [-0.2, 0) is 9.59 Å². The molecular weight excluding hydrogens is 308 g/mol. The SMILES string of the molecule is CCC(C)N1C(=O)CC(Nc2ccccc2Br)C1=O. The first kappa shape index (κ1) is 14.1. The summed E-state index contributed by atoms with van der Waals surface area (Å²) in [5.74, 6) is -0.223. The van der Waals surface area contributed by atoms with Crippen molar-refractivity contribution >= 4 is 33.4 Å². The number of carbonyl (C=O) groups excluding carboxylic acids is 2. The fourth-order valence-electron chi connectivity index (χ4n) is 2.18. The van der Waals surface area contributed by atoms with Crippen molar-refractivity contribution in [2.24, 2.45) is 0 Å². The number of nitrogens with one attached hydrogen (secondary N) is 1. The Morgan fingerprint density at radius 2 is 2.11 bits per heavy atom. The number of hydrogen-bond donors (Lipinski definition) is 1. The van der Waals surface area contributed by atoms with E-state index >= 15 is 0 Å². The maximum Gasteiger partial charge on any atom is 0.252 e. The molecule has 1 saturated heterocycles. The molecule has 2 rings (SSSR count). The average Bonchev–Trinajstić information content (AvgIpc) is 2.66. The Labute approximate surface area is 121 Å². The first-order chi connectivity index (χ1) is 9.04. The number of para-hydroxylation sites is 1. The van der Waals surface area contributed by atoms with Gasteiger partial charge in [0.25, 0.3) is 5.91 Å². The van der Waals surface area contributed by atoms with Gasteiger partial charge in [-0.2, -0.15) is 0 Å². The highest BCUT2D eigenvalue weighted by molar-refractivity contribution is 9.10. The van der Waals surface area contributed by atoms with Crippen LogP contribution in [0.5, 0.6) is 0 Å². The Kier molecular flexibility index (Phi) is 4.24. The third-order valence-corrected chi connectivity index (χ3v) is 4.11. The second kappa shape index (κ2) is 5.74. The minimum absolute atomic E-state index is 0.0361. The first-order valence-electron chi connectivity index (χ1n) is 6.41. The predicted octanol–water partition coefficient (Wildman–Crippen LogP) is 2.79. The number of hydrogen-bond acceptors (Lipinski definition) is 3. The largest absolute Gasteiger partial charge is 0.372 e. The lowest BCUT2D eigenvalue weighted by Gasteiger charge is -2.22. The summed E-state index contributed by atoms with van der Waals surface area (Å²) >= 11 is 3.42. The summed E-state index contributed by atoms with van der Waals surface area (Å²) in [4.78, 5) is 25.6. The van der Waals surface area contributed by atoms with E-state index in [1.165, 1.54) is 4.90 Å². The molecule has 1 fully saturated rings. The molecule has 102 valence electrons. The molecule has 2 atom stereocenters. The zero-order chi connectivity index (χ0) is 14.0. The van der Waals surface area contributed by atoms with Crippen molar-refractivity contribution in [1.29, 1.82) is 0 Å². The number of rotatable bonds is 4. The highest BCUT2D eigenvalue weighted by Crippen LogP contribution is 2.26. The van der Waals surface area contributed by atoms with Gasteiger partial charge in [0.05, 0.1) is 6.42 Å². The van der Waals surface area contributed by atoms with E-state index in [-0.39, 0.29) is 24.3 Å². The molecule has 4 nitrogen and oxygen atoms in total. The van der Waals surface area contributed by atoms with Crippen LogP contribution >= 0.6 is 15.9 Å². The molecule has 0 spiro atoms. The van der Waals surface area contributed by atoms with Gasteiger partial charge >= 0.3 is 0 Å². The van der Waals surface area contributed by atoms with Gasteiger partial charge in [0, 0.05) is 16.2 Å². The van der Waals surface area contributed by atoms with Crippen molar-refractivity contribution in [3.63, 3.8) is 0 Å². The highest BCUT2D eigenvalue weighted by Gasteiger charge is 2.40. The van der Waals surface area contributed by atoms with Crippen molar-refractivity contribution in [2.75, 3.05) is 5.32 Å². The Hall–Kier alpha value is -1.36. The molecule has 1 aliphatic rings. The number of halogens is 1. The first-order valence-corrected chi connectivity index (χ1v) is 7.20. The van der Waals surface area contributed by atoms with Crippen molar-refractivity contribution in [2.45, 2.75) is 38.8 Å². The molecule has 0 aliphatic carbocycles. The molecule has 1 aliphatic heterocycles. The van der Waals surface area contributed by atoms with Gasteiger partial charge < -0.3 is 5.32 Å². The van der Waals surface area contributed by atoms with E-state index in [4.69, 9.17) is 0 Å². The van der Waals surface area contributed by atoms with Crippen molar-refractivity contribution < 1.29 is 9.59 Å². The summed E-state index contributed by atoms with van der Waals surface area (Å²) in [6.45, 7) is 3.87. The van der Waals surface area contributed by atoms with E-state index in [0.717, 1.165) is 16.6 Å². The second-order valence-corrected chi connectivity index (χ2v) is 5.59. The summed E-state index contributed by atoms with van der Waals surface area (Å²) in [5.41, 5.74) is 0.833. The number of anilines is 1. The van der Waals surface area contributed by atoms with Crippen LogP contribution in [0.2, 0.25) is 0 Å². The molecule has 1 heterocycles. The van der Waals surface area contributed by atoms with Gasteiger partial charge in [0.1, 0.15) is 6.04 Å². The van der Waals surface area contributed by atoms with Crippen LogP contribution in [0.25, 0.3) is 0 Å². The summed E-state index contributed by atoms with van der Waals surface area (Å²) in [5, 5.41) is 3.14. The Morgan fingerprint density at radius 1 is 1.42 bits per heavy atom. The van der Waals surface area contributed by atoms with Crippen LogP contribution in [0.4, 0.5) is 5.69 Å². The van der Waals surface area contributed by atoms with Gasteiger partial charge in [-0.25, -0.2) is 0 Å². The van der Waals surface area contributed by atoms with Gasteiger partial charge in [0.15, 0.2) is 0 Å². The topological polar surface area (TPSA) is 49.4 Å². The third kappa shape index (κ3) is 2.81. The lowest BCUT2D eigenvalue weighted by Crippen LogP contribution is -2.40. The van der Waals surface area contributed by atoms with Crippen molar-refractivity contribution in [3.8, 4) is 0 Å². The molecule has 0 aromatic heterocycles. The Morgan fingerprint density at radius 3 is 2.74 bits per heavy atom. The molecular formula is C14H17BrN2O2. The van der Waals surface area contributed by atoms with Gasteiger partial charge in [0.2, 0.25) is 5.91 Å². The van der Waals surface area contributed by atoms with E-state index in [1.54, 1.807) is 0 Å². The third-order valence-electron chi connectivity index (χ3n) is 3.42. The number of imide groups is 1. The molecule has 5 heteroatoms. The molecule has 1 N–H and O–H groups in total. The highest BCUT2D eigenvalue weighted by atomic mass is 79.9. The smallest absolute Gasteiger partial charge is 0.252 e. The fourth-order valence-corrected chi connectivity index (χ4v) is 2.57. The molecule has 19 heavy (non-hydrogen) atoms. The van der Waals surface area contributed by atoms with Crippen LogP contribution in [-0.4, -0.2) is 28.8 Å². The Balaban J connectivity index is 2.14. The molecule has 2 unspecified atom stereocenters. The summed E-state index contributed by atoms with van der Waals surface area (Å²) in [6, 6.07) is 7.08. The number of nitrogens with zero attached hydrogens (tertiary/aromatic N) is 1. The maximum atomic E-state index is 12.3. The summed E-state index contributed by atoms with van der Waals surface area (Å²) in [7, 11) is 0. The molecule has 2 amide bonds. The molecule has 0 radical (unpaired) electrons. The van der Waals surface area contributed by atoms with Crippen LogP contribution in [0.1, 0.15) is 26.7 Å². The standard InChI is InChI=1S/C14H17BrN2O2/c1-3-9(2)17-13(18)8-12(14(17)19)16-11-7-5-4-6-10(11)15/h4-7,9,12,16H,3,8H2,1-2H3. The quantitative estimate of drug-likeness (QED) is 0.866. The lowest BCUT2D eigenvalue weighted by atomic mass is 10.2. The zero-order valence-corrected chi connectivity index (χ0v) is 12.6. The number of carbonyl (C=O) groups is 2. The molecule has 0 bridgehead atoms. The van der Waals surface area contributed by atoms with Crippen LogP contribution in [0, 0.1) is 0 Å². The Bertz CT molecular complexity index is 504. The van der Waals surface area contributed by atoms with E-state index in [2.05, 4.69) is 21.2 Å². The van der Waals surface area contributed by atoms with E-state index in [0.29, 0.717) is 0 Å². The van der Waals surface area contributed by atoms with Crippen molar-refractivity contribution in [3.05, 3.63) is 28.7 Å². The molecule has 0 saturated carbocycles. The fraction of sp³-hybridized carbons (Fsp3) is 0.429. The summed E-state index contributed by atoms with van der Waals surface area (Å²) < 4.78 is 0.886. The maximum absolute atomic E-state index is 12.3. The van der Waals surface area contributed by atoms with E-state index in [9.17, 15) is 9.59 Å². The lowest BCUT2D eigenvalue weighted by molar-refractivity contribution is -0.140. The minimum atomic E-state index is -0.458. The van der Waals surface area contributed by atoms with Crippen molar-refractivity contribution in [1.82, 2.24) is 4.90 Å². The van der Waals surface area contributed by atoms with Gasteiger partial charge in [-0.05, 0) is 41.4 Å². The monoisotopic (exact) mass is 324 g/mol. The normalized spacial score (nSPS) is 20.8. The zero-order valence-electron chi connectivity index (χ0n) is 11.0. The van der Waals surface area contributed by atoms with E-state index in [1.807, 2.05) is 38.1 Å². The minimum Gasteiger partial charge on any atom is -0.372 e. The predicted molar refractivity (Wildman–Crippen MR) is 77.8 cm³/mol. The average molecular weight is 325 g/mol. The number of amides is 2. The van der Waals surface area contributed by atoms with E-state index < -0.39 is 6.04 Å². The number of likely N-dealkylation sites (tertiary alicyclic amines) is 1. The van der Waals surface area contributed by atoms with Crippen LogP contribution in [0.15, 0.2) is 28.7 Å². The molecule has 1 aromatic rings. The van der Waals surface area contributed by atoms with Crippen LogP contribution < -0.4 is 5.32 Å². The second-order valence-electron chi connectivity index (χ2n) is 4.74.